The van der Waals surface area contributed by atoms with Gasteiger partial charge in [0.15, 0.2) is 0 Å². The van der Waals surface area contributed by atoms with Gasteiger partial charge in [-0.2, -0.15) is 0 Å². The Bertz CT molecular complexity index is 162. The minimum absolute atomic E-state index is 0.0312. The van der Waals surface area contributed by atoms with Crippen LogP contribution in [-0.2, 0) is 4.79 Å². The molecule has 0 heterocycles. The Hall–Kier alpha value is -0.220. The maximum absolute atomic E-state index is 11.3. The van der Waals surface area contributed by atoms with Crippen molar-refractivity contribution in [3.63, 3.8) is 0 Å². The SMILES string of the molecule is CCCC(SCCC(C)C)C(=O)NN. The molecule has 0 fully saturated rings. The zero-order chi connectivity index (χ0) is 11.0. The molecule has 0 rings (SSSR count). The molecule has 0 bridgehead atoms. The summed E-state index contributed by atoms with van der Waals surface area (Å²) in [5.74, 6) is 6.82. The van der Waals surface area contributed by atoms with Crippen molar-refractivity contribution in [1.82, 2.24) is 5.43 Å². The topological polar surface area (TPSA) is 55.1 Å². The third kappa shape index (κ3) is 6.27. The first-order valence-electron chi connectivity index (χ1n) is 5.23. The zero-order valence-corrected chi connectivity index (χ0v) is 10.2. The highest BCUT2D eigenvalue weighted by Gasteiger charge is 2.16. The van der Waals surface area contributed by atoms with Gasteiger partial charge in [0.05, 0.1) is 5.25 Å². The van der Waals surface area contributed by atoms with E-state index in [4.69, 9.17) is 5.84 Å². The van der Waals surface area contributed by atoms with Crippen molar-refractivity contribution in [2.24, 2.45) is 11.8 Å². The van der Waals surface area contributed by atoms with Crippen LogP contribution in [0.25, 0.3) is 0 Å². The van der Waals surface area contributed by atoms with E-state index in [1.807, 2.05) is 0 Å². The average molecular weight is 218 g/mol. The monoisotopic (exact) mass is 218 g/mol. The summed E-state index contributed by atoms with van der Waals surface area (Å²) in [7, 11) is 0. The molecule has 0 aromatic carbocycles. The van der Waals surface area contributed by atoms with Gasteiger partial charge in [0.1, 0.15) is 0 Å². The lowest BCUT2D eigenvalue weighted by Crippen LogP contribution is -2.37. The molecular formula is C10H22N2OS. The summed E-state index contributed by atoms with van der Waals surface area (Å²) in [6.07, 6.45) is 3.08. The van der Waals surface area contributed by atoms with Gasteiger partial charge >= 0.3 is 0 Å². The molecule has 0 saturated heterocycles. The number of amides is 1. The second-order valence-corrected chi connectivity index (χ2v) is 5.15. The van der Waals surface area contributed by atoms with Crippen LogP contribution in [0.15, 0.2) is 0 Å². The Labute approximate surface area is 91.2 Å². The van der Waals surface area contributed by atoms with Gasteiger partial charge in [-0.15, -0.1) is 11.8 Å². The molecule has 0 aromatic rings. The number of carbonyl (C=O) groups is 1. The first-order chi connectivity index (χ1) is 6.61. The maximum atomic E-state index is 11.3. The van der Waals surface area contributed by atoms with Gasteiger partial charge in [0.25, 0.3) is 0 Å². The van der Waals surface area contributed by atoms with E-state index in [0.717, 1.165) is 25.0 Å². The van der Waals surface area contributed by atoms with Crippen LogP contribution in [0.5, 0.6) is 0 Å². The fraction of sp³-hybridized carbons (Fsp3) is 0.900. The molecular weight excluding hydrogens is 196 g/mol. The number of hydrazine groups is 1. The minimum atomic E-state index is -0.0411. The molecule has 0 aliphatic heterocycles. The molecule has 14 heavy (non-hydrogen) atoms. The van der Waals surface area contributed by atoms with E-state index in [1.165, 1.54) is 0 Å². The number of carbonyl (C=O) groups excluding carboxylic acids is 1. The normalized spacial score (nSPS) is 12.9. The molecule has 0 aromatic heterocycles. The van der Waals surface area contributed by atoms with E-state index in [1.54, 1.807) is 11.8 Å². The van der Waals surface area contributed by atoms with Gasteiger partial charge in [0, 0.05) is 0 Å². The van der Waals surface area contributed by atoms with Crippen LogP contribution < -0.4 is 11.3 Å². The van der Waals surface area contributed by atoms with Crippen LogP contribution in [0.2, 0.25) is 0 Å². The Morgan fingerprint density at radius 2 is 2.07 bits per heavy atom. The highest BCUT2D eigenvalue weighted by atomic mass is 32.2. The van der Waals surface area contributed by atoms with Gasteiger partial charge in [-0.05, 0) is 24.5 Å². The van der Waals surface area contributed by atoms with Crippen molar-refractivity contribution in [1.29, 1.82) is 0 Å². The van der Waals surface area contributed by atoms with Crippen molar-refractivity contribution in [3.05, 3.63) is 0 Å². The summed E-state index contributed by atoms with van der Waals surface area (Å²) in [6, 6.07) is 0. The van der Waals surface area contributed by atoms with Gasteiger partial charge in [0.2, 0.25) is 5.91 Å². The van der Waals surface area contributed by atoms with Crippen LogP contribution in [0.4, 0.5) is 0 Å². The van der Waals surface area contributed by atoms with Crippen LogP contribution in [0.1, 0.15) is 40.0 Å². The van der Waals surface area contributed by atoms with Crippen molar-refractivity contribution < 1.29 is 4.79 Å². The van der Waals surface area contributed by atoms with Crippen LogP contribution in [0.3, 0.4) is 0 Å². The second kappa shape index (κ2) is 8.12. The van der Waals surface area contributed by atoms with E-state index in [9.17, 15) is 4.79 Å². The predicted octanol–water partition coefficient (Wildman–Crippen LogP) is 1.92. The van der Waals surface area contributed by atoms with E-state index in [2.05, 4.69) is 26.2 Å². The lowest BCUT2D eigenvalue weighted by molar-refractivity contribution is -0.120. The molecule has 0 aliphatic carbocycles. The van der Waals surface area contributed by atoms with Crippen molar-refractivity contribution in [2.75, 3.05) is 5.75 Å². The molecule has 1 unspecified atom stereocenters. The number of hydrogen-bond acceptors (Lipinski definition) is 3. The highest BCUT2D eigenvalue weighted by Crippen LogP contribution is 2.19. The maximum Gasteiger partial charge on any atom is 0.246 e. The van der Waals surface area contributed by atoms with Crippen LogP contribution >= 0.6 is 11.8 Å². The average Bonchev–Trinajstić information content (AvgIpc) is 2.15. The second-order valence-electron chi connectivity index (χ2n) is 3.84. The van der Waals surface area contributed by atoms with Gasteiger partial charge in [-0.3, -0.25) is 10.2 Å². The van der Waals surface area contributed by atoms with E-state index < -0.39 is 0 Å². The highest BCUT2D eigenvalue weighted by molar-refractivity contribution is 8.00. The zero-order valence-electron chi connectivity index (χ0n) is 9.38. The quantitative estimate of drug-likeness (QED) is 0.390. The third-order valence-corrected chi connectivity index (χ3v) is 3.32. The van der Waals surface area contributed by atoms with Gasteiger partial charge in [-0.1, -0.05) is 27.2 Å². The molecule has 1 amide bonds. The summed E-state index contributed by atoms with van der Waals surface area (Å²) in [6.45, 7) is 6.47. The number of hydrogen-bond donors (Lipinski definition) is 2. The molecule has 0 saturated carbocycles. The number of thioether (sulfide) groups is 1. The van der Waals surface area contributed by atoms with Crippen molar-refractivity contribution in [3.8, 4) is 0 Å². The summed E-state index contributed by atoms with van der Waals surface area (Å²) in [5.41, 5.74) is 2.23. The summed E-state index contributed by atoms with van der Waals surface area (Å²) in [5, 5.41) is 0.0312. The molecule has 3 N–H and O–H groups in total. The van der Waals surface area contributed by atoms with Crippen molar-refractivity contribution in [2.45, 2.75) is 45.3 Å². The molecule has 84 valence electrons. The Morgan fingerprint density at radius 3 is 2.50 bits per heavy atom. The largest absolute Gasteiger partial charge is 0.293 e. The Morgan fingerprint density at radius 1 is 1.43 bits per heavy atom. The molecule has 4 heteroatoms. The summed E-state index contributed by atoms with van der Waals surface area (Å²) >= 11 is 1.72. The van der Waals surface area contributed by atoms with E-state index in [-0.39, 0.29) is 11.2 Å². The number of nitrogens with two attached hydrogens (primary N) is 1. The fourth-order valence-electron chi connectivity index (χ4n) is 1.09. The lowest BCUT2D eigenvalue weighted by Gasteiger charge is -2.14. The van der Waals surface area contributed by atoms with Crippen LogP contribution in [-0.4, -0.2) is 16.9 Å². The first-order valence-corrected chi connectivity index (χ1v) is 6.28. The smallest absolute Gasteiger partial charge is 0.246 e. The molecule has 3 nitrogen and oxygen atoms in total. The fourth-order valence-corrected chi connectivity index (χ4v) is 2.61. The van der Waals surface area contributed by atoms with Gasteiger partial charge in [-0.25, -0.2) is 5.84 Å². The van der Waals surface area contributed by atoms with Crippen LogP contribution in [0, 0.1) is 5.92 Å². The Balaban J connectivity index is 3.78. The van der Waals surface area contributed by atoms with E-state index in [0.29, 0.717) is 5.92 Å². The first kappa shape index (κ1) is 13.8. The number of rotatable bonds is 7. The molecule has 0 aliphatic rings. The lowest BCUT2D eigenvalue weighted by atomic mass is 10.2. The van der Waals surface area contributed by atoms with Crippen molar-refractivity contribution >= 4 is 17.7 Å². The molecule has 0 radical (unpaired) electrons. The Kier molecular flexibility index (Phi) is 7.99. The number of nitrogens with one attached hydrogen (secondary N) is 1. The predicted molar refractivity (Wildman–Crippen MR) is 62.9 cm³/mol. The summed E-state index contributed by atoms with van der Waals surface area (Å²) in [4.78, 5) is 11.3. The molecule has 1 atom stereocenters. The third-order valence-electron chi connectivity index (χ3n) is 2.00. The summed E-state index contributed by atoms with van der Waals surface area (Å²) < 4.78 is 0. The standard InChI is InChI=1S/C10H22N2OS/c1-4-5-9(10(13)12-11)14-7-6-8(2)3/h8-9H,4-7,11H2,1-3H3,(H,12,13). The van der Waals surface area contributed by atoms with Gasteiger partial charge < -0.3 is 0 Å². The van der Waals surface area contributed by atoms with E-state index >= 15 is 0 Å². The molecule has 0 spiro atoms. The minimum Gasteiger partial charge on any atom is -0.293 e.